The first-order valence-corrected chi connectivity index (χ1v) is 8.28. The highest BCUT2D eigenvalue weighted by molar-refractivity contribution is 9.10. The molecular weight excluding hydrogens is 330 g/mol. The number of carbonyl (C=O) groups excluding carboxylic acids is 1. The van der Waals surface area contributed by atoms with Crippen molar-refractivity contribution in [3.63, 3.8) is 0 Å². The molecule has 5 heteroatoms. The second kappa shape index (κ2) is 6.79. The molecule has 2 N–H and O–H groups in total. The molecule has 0 atom stereocenters. The zero-order valence-corrected chi connectivity index (χ0v) is 14.6. The molecule has 1 heterocycles. The van der Waals surface area contributed by atoms with Crippen LogP contribution >= 0.6 is 15.9 Å². The standard InChI is InChI=1S/C16H24BrN3O/c1-4-20-7-5-13(6-8-20)19(3)16(21)14-9-12(17)10-15(18)11(14)2/h9-10,13H,4-8,18H2,1-3H3. The minimum Gasteiger partial charge on any atom is -0.398 e. The van der Waals surface area contributed by atoms with Gasteiger partial charge < -0.3 is 15.5 Å². The Morgan fingerprint density at radius 3 is 2.62 bits per heavy atom. The van der Waals surface area contributed by atoms with Crippen LogP contribution in [0.2, 0.25) is 0 Å². The summed E-state index contributed by atoms with van der Waals surface area (Å²) in [7, 11) is 1.91. The number of nitrogen functional groups attached to an aromatic ring is 1. The molecule has 1 aliphatic rings. The molecule has 1 aromatic carbocycles. The lowest BCUT2D eigenvalue weighted by atomic mass is 10.0. The van der Waals surface area contributed by atoms with Gasteiger partial charge in [-0.2, -0.15) is 0 Å². The van der Waals surface area contributed by atoms with E-state index in [1.807, 2.05) is 31.0 Å². The molecule has 1 amide bonds. The molecular formula is C16H24BrN3O. The highest BCUT2D eigenvalue weighted by Gasteiger charge is 2.26. The Morgan fingerprint density at radius 1 is 1.43 bits per heavy atom. The number of rotatable bonds is 3. The van der Waals surface area contributed by atoms with Crippen LogP contribution in [0.1, 0.15) is 35.7 Å². The van der Waals surface area contributed by atoms with E-state index in [2.05, 4.69) is 27.8 Å². The summed E-state index contributed by atoms with van der Waals surface area (Å²) in [6.45, 7) is 7.31. The Hall–Kier alpha value is -1.07. The fraction of sp³-hybridized carbons (Fsp3) is 0.562. The first-order chi connectivity index (χ1) is 9.93. The Balaban J connectivity index is 2.13. The zero-order chi connectivity index (χ0) is 15.6. The summed E-state index contributed by atoms with van der Waals surface area (Å²) in [4.78, 5) is 17.1. The second-order valence-electron chi connectivity index (χ2n) is 5.75. The van der Waals surface area contributed by atoms with Crippen LogP contribution in [0, 0.1) is 6.92 Å². The van der Waals surface area contributed by atoms with Gasteiger partial charge in [0.2, 0.25) is 0 Å². The van der Waals surface area contributed by atoms with Gasteiger partial charge in [-0.05, 0) is 44.0 Å². The lowest BCUT2D eigenvalue weighted by Crippen LogP contribution is -2.45. The van der Waals surface area contributed by atoms with Gasteiger partial charge in [0, 0.05) is 41.9 Å². The smallest absolute Gasteiger partial charge is 0.254 e. The third-order valence-electron chi connectivity index (χ3n) is 4.52. The SMILES string of the molecule is CCN1CCC(N(C)C(=O)c2cc(Br)cc(N)c2C)CC1. The molecule has 116 valence electrons. The summed E-state index contributed by atoms with van der Waals surface area (Å²) in [5.74, 6) is 0.0652. The predicted molar refractivity (Wildman–Crippen MR) is 90.5 cm³/mol. The third kappa shape index (κ3) is 3.58. The Morgan fingerprint density at radius 2 is 2.05 bits per heavy atom. The second-order valence-corrected chi connectivity index (χ2v) is 6.66. The highest BCUT2D eigenvalue weighted by Crippen LogP contribution is 2.25. The Kier molecular flexibility index (Phi) is 5.27. The first kappa shape index (κ1) is 16.3. The van der Waals surface area contributed by atoms with Crippen molar-refractivity contribution in [3.05, 3.63) is 27.7 Å². The number of nitrogens with zero attached hydrogens (tertiary/aromatic N) is 2. The van der Waals surface area contributed by atoms with E-state index in [1.54, 1.807) is 0 Å². The van der Waals surface area contributed by atoms with Crippen LogP contribution in [-0.4, -0.2) is 48.4 Å². The predicted octanol–water partition coefficient (Wildman–Crippen LogP) is 2.90. The average Bonchev–Trinajstić information content (AvgIpc) is 2.49. The number of piperidine rings is 1. The topological polar surface area (TPSA) is 49.6 Å². The number of carbonyl (C=O) groups is 1. The minimum absolute atomic E-state index is 0.0652. The largest absolute Gasteiger partial charge is 0.398 e. The maximum Gasteiger partial charge on any atom is 0.254 e. The molecule has 0 bridgehead atoms. The lowest BCUT2D eigenvalue weighted by molar-refractivity contribution is 0.0646. The van der Waals surface area contributed by atoms with Gasteiger partial charge >= 0.3 is 0 Å². The van der Waals surface area contributed by atoms with Crippen LogP contribution in [0.25, 0.3) is 0 Å². The summed E-state index contributed by atoms with van der Waals surface area (Å²) in [6.07, 6.45) is 2.08. The van der Waals surface area contributed by atoms with Crippen molar-refractivity contribution < 1.29 is 4.79 Å². The van der Waals surface area contributed by atoms with Gasteiger partial charge in [0.15, 0.2) is 0 Å². The molecule has 1 saturated heterocycles. The van der Waals surface area contributed by atoms with Crippen LogP contribution in [0.4, 0.5) is 5.69 Å². The molecule has 1 aromatic rings. The molecule has 0 aliphatic carbocycles. The van der Waals surface area contributed by atoms with E-state index in [-0.39, 0.29) is 5.91 Å². The Bertz CT molecular complexity index is 524. The molecule has 1 fully saturated rings. The highest BCUT2D eigenvalue weighted by atomic mass is 79.9. The van der Waals surface area contributed by atoms with Gasteiger partial charge in [-0.3, -0.25) is 4.79 Å². The van der Waals surface area contributed by atoms with Gasteiger partial charge in [0.05, 0.1) is 0 Å². The molecule has 0 radical (unpaired) electrons. The molecule has 4 nitrogen and oxygen atoms in total. The van der Waals surface area contributed by atoms with Gasteiger partial charge in [0.25, 0.3) is 5.91 Å². The quantitative estimate of drug-likeness (QED) is 0.850. The van der Waals surface area contributed by atoms with Crippen molar-refractivity contribution in [2.24, 2.45) is 0 Å². The number of likely N-dealkylation sites (tertiary alicyclic amines) is 1. The lowest BCUT2D eigenvalue weighted by Gasteiger charge is -2.36. The van der Waals surface area contributed by atoms with Gasteiger partial charge in [-0.25, -0.2) is 0 Å². The fourth-order valence-corrected chi connectivity index (χ4v) is 3.38. The summed E-state index contributed by atoms with van der Waals surface area (Å²) in [5.41, 5.74) is 8.18. The molecule has 0 unspecified atom stereocenters. The average molecular weight is 354 g/mol. The maximum atomic E-state index is 12.8. The number of hydrogen-bond donors (Lipinski definition) is 1. The van der Waals surface area contributed by atoms with Crippen LogP contribution in [0.15, 0.2) is 16.6 Å². The van der Waals surface area contributed by atoms with Crippen LogP contribution < -0.4 is 5.73 Å². The summed E-state index contributed by atoms with van der Waals surface area (Å²) in [5, 5.41) is 0. The summed E-state index contributed by atoms with van der Waals surface area (Å²) in [6, 6.07) is 4.03. The van der Waals surface area contributed by atoms with E-state index < -0.39 is 0 Å². The maximum absolute atomic E-state index is 12.8. The fourth-order valence-electron chi connectivity index (χ4n) is 2.90. The first-order valence-electron chi connectivity index (χ1n) is 7.49. The van der Waals surface area contributed by atoms with E-state index in [1.165, 1.54) is 0 Å². The molecule has 2 rings (SSSR count). The number of hydrogen-bond acceptors (Lipinski definition) is 3. The van der Waals surface area contributed by atoms with Crippen molar-refractivity contribution in [1.29, 1.82) is 0 Å². The normalized spacial score (nSPS) is 17.0. The van der Waals surface area contributed by atoms with Crippen molar-refractivity contribution in [3.8, 4) is 0 Å². The summed E-state index contributed by atoms with van der Waals surface area (Å²) < 4.78 is 0.850. The molecule has 0 aromatic heterocycles. The van der Waals surface area contributed by atoms with Crippen LogP contribution in [-0.2, 0) is 0 Å². The number of nitrogens with two attached hydrogens (primary N) is 1. The van der Waals surface area contributed by atoms with Gasteiger partial charge in [-0.15, -0.1) is 0 Å². The minimum atomic E-state index is 0.0652. The number of halogens is 1. The van der Waals surface area contributed by atoms with Crippen molar-refractivity contribution >= 4 is 27.5 Å². The van der Waals surface area contributed by atoms with E-state index >= 15 is 0 Å². The number of anilines is 1. The molecule has 1 aliphatic heterocycles. The number of amides is 1. The summed E-state index contributed by atoms with van der Waals surface area (Å²) >= 11 is 3.42. The van der Waals surface area contributed by atoms with Crippen molar-refractivity contribution in [1.82, 2.24) is 9.80 Å². The number of benzene rings is 1. The van der Waals surface area contributed by atoms with Crippen molar-refractivity contribution in [2.45, 2.75) is 32.7 Å². The van der Waals surface area contributed by atoms with E-state index in [9.17, 15) is 4.79 Å². The van der Waals surface area contributed by atoms with Crippen molar-refractivity contribution in [2.75, 3.05) is 32.4 Å². The molecule has 0 saturated carbocycles. The van der Waals surface area contributed by atoms with E-state index in [0.717, 1.165) is 42.5 Å². The van der Waals surface area contributed by atoms with Crippen LogP contribution in [0.3, 0.4) is 0 Å². The van der Waals surface area contributed by atoms with Gasteiger partial charge in [-0.1, -0.05) is 22.9 Å². The van der Waals surface area contributed by atoms with E-state index in [0.29, 0.717) is 17.3 Å². The Labute approximate surface area is 135 Å². The zero-order valence-electron chi connectivity index (χ0n) is 13.0. The molecule has 21 heavy (non-hydrogen) atoms. The van der Waals surface area contributed by atoms with Gasteiger partial charge in [0.1, 0.15) is 0 Å². The van der Waals surface area contributed by atoms with Crippen LogP contribution in [0.5, 0.6) is 0 Å². The third-order valence-corrected chi connectivity index (χ3v) is 4.97. The monoisotopic (exact) mass is 353 g/mol. The van der Waals surface area contributed by atoms with E-state index in [4.69, 9.17) is 5.73 Å². The molecule has 0 spiro atoms.